The van der Waals surface area contributed by atoms with Crippen molar-refractivity contribution in [3.05, 3.63) is 10.2 Å². The molecule has 1 aromatic rings. The molecule has 0 saturated carbocycles. The SMILES string of the molecule is Cc1nc(Cl)sc1S(=O)(=O)NCCCCCO. The Bertz CT molecular complexity index is 459. The molecule has 0 atom stereocenters. The first-order valence-corrected chi connectivity index (χ1v) is 7.88. The van der Waals surface area contributed by atoms with Crippen molar-refractivity contribution in [3.63, 3.8) is 0 Å². The third-order valence-corrected chi connectivity index (χ3v) is 5.43. The summed E-state index contributed by atoms with van der Waals surface area (Å²) in [5, 5.41) is 8.58. The monoisotopic (exact) mass is 298 g/mol. The van der Waals surface area contributed by atoms with Crippen molar-refractivity contribution < 1.29 is 13.5 Å². The van der Waals surface area contributed by atoms with Gasteiger partial charge in [0.15, 0.2) is 8.68 Å². The number of nitrogens with one attached hydrogen (secondary N) is 1. The highest BCUT2D eigenvalue weighted by Crippen LogP contribution is 2.26. The van der Waals surface area contributed by atoms with Crippen LogP contribution in [0.15, 0.2) is 4.21 Å². The molecule has 0 aliphatic heterocycles. The Kier molecular flexibility index (Phi) is 5.81. The van der Waals surface area contributed by atoms with Crippen LogP contribution < -0.4 is 4.72 Å². The molecule has 0 unspecified atom stereocenters. The summed E-state index contributed by atoms with van der Waals surface area (Å²) in [6, 6.07) is 0. The minimum absolute atomic E-state index is 0.135. The summed E-state index contributed by atoms with van der Waals surface area (Å²) in [5.74, 6) is 0. The Morgan fingerprint density at radius 3 is 2.65 bits per heavy atom. The molecule has 1 aromatic heterocycles. The van der Waals surface area contributed by atoms with Crippen molar-refractivity contribution in [2.45, 2.75) is 30.4 Å². The quantitative estimate of drug-likeness (QED) is 0.749. The number of aliphatic hydroxyl groups is 1. The minimum atomic E-state index is -3.50. The molecular weight excluding hydrogens is 284 g/mol. The third-order valence-electron chi connectivity index (χ3n) is 2.10. The summed E-state index contributed by atoms with van der Waals surface area (Å²) in [6.45, 7) is 2.11. The summed E-state index contributed by atoms with van der Waals surface area (Å²) in [6.07, 6.45) is 2.18. The number of aliphatic hydroxyl groups excluding tert-OH is 1. The van der Waals surface area contributed by atoms with Gasteiger partial charge in [0.25, 0.3) is 10.0 Å². The number of rotatable bonds is 7. The molecule has 0 fully saturated rings. The van der Waals surface area contributed by atoms with Gasteiger partial charge in [-0.25, -0.2) is 18.1 Å². The lowest BCUT2D eigenvalue weighted by Crippen LogP contribution is -2.24. The van der Waals surface area contributed by atoms with E-state index in [1.165, 1.54) is 0 Å². The van der Waals surface area contributed by atoms with Gasteiger partial charge in [-0.2, -0.15) is 0 Å². The maximum atomic E-state index is 11.9. The zero-order chi connectivity index (χ0) is 12.9. The molecule has 17 heavy (non-hydrogen) atoms. The lowest BCUT2D eigenvalue weighted by molar-refractivity contribution is 0.283. The molecule has 0 bridgehead atoms. The fourth-order valence-electron chi connectivity index (χ4n) is 1.29. The number of halogens is 1. The number of hydrogen-bond acceptors (Lipinski definition) is 5. The molecule has 8 heteroatoms. The molecule has 0 saturated heterocycles. The summed E-state index contributed by atoms with van der Waals surface area (Å²) in [7, 11) is -3.50. The van der Waals surface area contributed by atoms with Crippen LogP contribution in [0, 0.1) is 6.92 Å². The van der Waals surface area contributed by atoms with E-state index in [1.54, 1.807) is 6.92 Å². The number of aromatic nitrogens is 1. The zero-order valence-electron chi connectivity index (χ0n) is 9.44. The van der Waals surface area contributed by atoms with Crippen LogP contribution >= 0.6 is 22.9 Å². The van der Waals surface area contributed by atoms with Gasteiger partial charge < -0.3 is 5.11 Å². The highest BCUT2D eigenvalue weighted by molar-refractivity contribution is 7.91. The maximum Gasteiger partial charge on any atom is 0.251 e. The second kappa shape index (κ2) is 6.65. The highest BCUT2D eigenvalue weighted by Gasteiger charge is 2.20. The van der Waals surface area contributed by atoms with Crippen LogP contribution in [0.5, 0.6) is 0 Å². The average Bonchev–Trinajstić information content (AvgIpc) is 2.58. The van der Waals surface area contributed by atoms with E-state index < -0.39 is 10.0 Å². The van der Waals surface area contributed by atoms with Gasteiger partial charge in [0.1, 0.15) is 0 Å². The Hall–Kier alpha value is -0.210. The summed E-state index contributed by atoms with van der Waals surface area (Å²) < 4.78 is 26.6. The molecule has 1 heterocycles. The lowest BCUT2D eigenvalue weighted by atomic mass is 10.2. The standard InChI is InChI=1S/C9H15ClN2O3S2/c1-7-8(16-9(10)12-7)17(14,15)11-5-3-2-4-6-13/h11,13H,2-6H2,1H3. The smallest absolute Gasteiger partial charge is 0.251 e. The van der Waals surface area contributed by atoms with Crippen molar-refractivity contribution in [2.24, 2.45) is 0 Å². The summed E-state index contributed by atoms with van der Waals surface area (Å²) in [4.78, 5) is 3.87. The van der Waals surface area contributed by atoms with E-state index in [9.17, 15) is 8.42 Å². The van der Waals surface area contributed by atoms with E-state index in [0.29, 0.717) is 25.1 Å². The first kappa shape index (κ1) is 14.8. The second-order valence-electron chi connectivity index (χ2n) is 3.52. The number of nitrogens with zero attached hydrogens (tertiary/aromatic N) is 1. The Morgan fingerprint density at radius 1 is 1.41 bits per heavy atom. The van der Waals surface area contributed by atoms with Crippen molar-refractivity contribution in [1.29, 1.82) is 0 Å². The Labute approximate surface area is 110 Å². The average molecular weight is 299 g/mol. The number of sulfonamides is 1. The molecule has 0 aliphatic carbocycles. The van der Waals surface area contributed by atoms with Gasteiger partial charge in [0.05, 0.1) is 5.69 Å². The van der Waals surface area contributed by atoms with E-state index in [0.717, 1.165) is 17.8 Å². The number of hydrogen-bond donors (Lipinski definition) is 2. The number of unbranched alkanes of at least 4 members (excludes halogenated alkanes) is 2. The predicted molar refractivity (Wildman–Crippen MR) is 68.0 cm³/mol. The number of aryl methyl sites for hydroxylation is 1. The molecule has 5 nitrogen and oxygen atoms in total. The van der Waals surface area contributed by atoms with Crippen molar-refractivity contribution >= 4 is 33.0 Å². The van der Waals surface area contributed by atoms with E-state index in [4.69, 9.17) is 16.7 Å². The van der Waals surface area contributed by atoms with Crippen LogP contribution in [0.2, 0.25) is 4.47 Å². The second-order valence-corrected chi connectivity index (χ2v) is 7.07. The van der Waals surface area contributed by atoms with E-state index in [1.807, 2.05) is 0 Å². The predicted octanol–water partition coefficient (Wildman–Crippen LogP) is 1.55. The van der Waals surface area contributed by atoms with Crippen molar-refractivity contribution in [2.75, 3.05) is 13.2 Å². The van der Waals surface area contributed by atoms with Crippen LogP contribution in [0.1, 0.15) is 25.0 Å². The normalized spacial score (nSPS) is 11.9. The van der Waals surface area contributed by atoms with E-state index >= 15 is 0 Å². The van der Waals surface area contributed by atoms with Crippen LogP contribution in [0.25, 0.3) is 0 Å². The zero-order valence-corrected chi connectivity index (χ0v) is 11.8. The molecule has 2 N–H and O–H groups in total. The largest absolute Gasteiger partial charge is 0.396 e. The van der Waals surface area contributed by atoms with Crippen LogP contribution in [0.3, 0.4) is 0 Å². The molecule has 1 rings (SSSR count). The van der Waals surface area contributed by atoms with Gasteiger partial charge in [-0.3, -0.25) is 0 Å². The molecule has 98 valence electrons. The first-order chi connectivity index (χ1) is 7.97. The van der Waals surface area contributed by atoms with Gasteiger partial charge >= 0.3 is 0 Å². The fraction of sp³-hybridized carbons (Fsp3) is 0.667. The maximum absolute atomic E-state index is 11.9. The fourth-order valence-corrected chi connectivity index (χ4v) is 4.14. The van der Waals surface area contributed by atoms with Gasteiger partial charge in [-0.05, 0) is 26.2 Å². The highest BCUT2D eigenvalue weighted by atomic mass is 35.5. The Morgan fingerprint density at radius 2 is 2.12 bits per heavy atom. The van der Waals surface area contributed by atoms with Crippen molar-refractivity contribution in [3.8, 4) is 0 Å². The molecule has 0 aromatic carbocycles. The van der Waals surface area contributed by atoms with Crippen molar-refractivity contribution in [1.82, 2.24) is 9.71 Å². The molecule has 0 aliphatic rings. The van der Waals surface area contributed by atoms with Crippen LogP contribution in [-0.2, 0) is 10.0 Å². The van der Waals surface area contributed by atoms with Gasteiger partial charge in [0, 0.05) is 13.2 Å². The van der Waals surface area contributed by atoms with Gasteiger partial charge in [0.2, 0.25) is 0 Å². The van der Waals surface area contributed by atoms with Gasteiger partial charge in [-0.1, -0.05) is 22.9 Å². The summed E-state index contributed by atoms with van der Waals surface area (Å²) >= 11 is 6.62. The lowest BCUT2D eigenvalue weighted by Gasteiger charge is -2.04. The van der Waals surface area contributed by atoms with Gasteiger partial charge in [-0.15, -0.1) is 0 Å². The van der Waals surface area contributed by atoms with Crippen LogP contribution in [0.4, 0.5) is 0 Å². The topological polar surface area (TPSA) is 79.3 Å². The minimum Gasteiger partial charge on any atom is -0.396 e. The third kappa shape index (κ3) is 4.51. The molecule has 0 spiro atoms. The van der Waals surface area contributed by atoms with E-state index in [-0.39, 0.29) is 15.3 Å². The molecular formula is C9H15ClN2O3S2. The van der Waals surface area contributed by atoms with Crippen LogP contribution in [-0.4, -0.2) is 31.7 Å². The number of thiazole rings is 1. The first-order valence-electron chi connectivity index (χ1n) is 5.21. The molecule has 0 amide bonds. The van der Waals surface area contributed by atoms with E-state index in [2.05, 4.69) is 9.71 Å². The Balaban J connectivity index is 2.54. The molecule has 0 radical (unpaired) electrons. The summed E-state index contributed by atoms with van der Waals surface area (Å²) in [5.41, 5.74) is 0.419.